The normalized spacial score (nSPS) is 11.3. The van der Waals surface area contributed by atoms with Gasteiger partial charge in [0.25, 0.3) is 5.91 Å². The molecule has 2 N–H and O–H groups in total. The summed E-state index contributed by atoms with van der Waals surface area (Å²) in [6.07, 6.45) is -2.24. The van der Waals surface area contributed by atoms with Gasteiger partial charge in [-0.1, -0.05) is 12.1 Å². The lowest BCUT2D eigenvalue weighted by Crippen LogP contribution is -2.15. The van der Waals surface area contributed by atoms with Crippen molar-refractivity contribution >= 4 is 17.4 Å². The molecule has 3 rings (SSSR count). The molecule has 0 saturated carbocycles. The van der Waals surface area contributed by atoms with Gasteiger partial charge in [0.15, 0.2) is 11.4 Å². The molecular weight excluding hydrogens is 375 g/mol. The summed E-state index contributed by atoms with van der Waals surface area (Å²) in [6, 6.07) is 8.02. The number of hydrogen-bond donors (Lipinski definition) is 2. The lowest BCUT2D eigenvalue weighted by molar-refractivity contribution is -0.137. The number of benzene rings is 1. The number of aromatic nitrogens is 3. The van der Waals surface area contributed by atoms with Gasteiger partial charge in [0.2, 0.25) is 0 Å². The number of halogens is 3. The minimum atomic E-state index is -4.61. The SMILES string of the molecule is CN(C)c1ccc(NC(=O)c2nn(-c3ccccc3C(F)(F)F)cc2O)cn1. The molecule has 28 heavy (non-hydrogen) atoms. The Morgan fingerprint density at radius 1 is 1.18 bits per heavy atom. The maximum absolute atomic E-state index is 13.2. The predicted octanol–water partition coefficient (Wildman–Crippen LogP) is 3.31. The Balaban J connectivity index is 1.88. The summed E-state index contributed by atoms with van der Waals surface area (Å²) in [4.78, 5) is 18.3. The van der Waals surface area contributed by atoms with Crippen molar-refractivity contribution in [1.82, 2.24) is 14.8 Å². The number of amides is 1. The van der Waals surface area contributed by atoms with Gasteiger partial charge in [0, 0.05) is 14.1 Å². The Hall–Kier alpha value is -3.56. The Labute approximate surface area is 158 Å². The molecular formula is C18H16F3N5O2. The number of alkyl halides is 3. The molecule has 1 aromatic carbocycles. The molecule has 1 amide bonds. The van der Waals surface area contributed by atoms with Gasteiger partial charge in [0.1, 0.15) is 5.82 Å². The monoisotopic (exact) mass is 391 g/mol. The summed E-state index contributed by atoms with van der Waals surface area (Å²) in [6.45, 7) is 0. The second-order valence-corrected chi connectivity index (χ2v) is 6.08. The van der Waals surface area contributed by atoms with Crippen LogP contribution in [-0.2, 0) is 6.18 Å². The highest BCUT2D eigenvalue weighted by Crippen LogP contribution is 2.34. The fourth-order valence-corrected chi connectivity index (χ4v) is 2.48. The zero-order chi connectivity index (χ0) is 20.5. The summed E-state index contributed by atoms with van der Waals surface area (Å²) in [5.41, 5.74) is -1.30. The summed E-state index contributed by atoms with van der Waals surface area (Å²) in [7, 11) is 3.62. The van der Waals surface area contributed by atoms with Gasteiger partial charge in [-0.25, -0.2) is 9.67 Å². The zero-order valence-electron chi connectivity index (χ0n) is 14.9. The van der Waals surface area contributed by atoms with E-state index in [0.29, 0.717) is 11.5 Å². The predicted molar refractivity (Wildman–Crippen MR) is 96.7 cm³/mol. The first kappa shape index (κ1) is 19.2. The molecule has 2 aromatic heterocycles. The van der Waals surface area contributed by atoms with Crippen molar-refractivity contribution in [3.63, 3.8) is 0 Å². The summed E-state index contributed by atoms with van der Waals surface area (Å²) in [5, 5.41) is 16.3. The van der Waals surface area contributed by atoms with Gasteiger partial charge in [-0.3, -0.25) is 4.79 Å². The van der Waals surface area contributed by atoms with Gasteiger partial charge >= 0.3 is 6.18 Å². The Bertz CT molecular complexity index is 997. The van der Waals surface area contributed by atoms with E-state index in [4.69, 9.17) is 0 Å². The fraction of sp³-hybridized carbons (Fsp3) is 0.167. The summed E-state index contributed by atoms with van der Waals surface area (Å²) < 4.78 is 40.4. The third-order valence-electron chi connectivity index (χ3n) is 3.83. The number of carbonyl (C=O) groups excluding carboxylic acids is 1. The van der Waals surface area contributed by atoms with Gasteiger partial charge in [-0.15, -0.1) is 0 Å². The van der Waals surface area contributed by atoms with E-state index < -0.39 is 29.1 Å². The van der Waals surface area contributed by atoms with Crippen molar-refractivity contribution in [2.75, 3.05) is 24.3 Å². The Kier molecular flexibility index (Phi) is 4.95. The van der Waals surface area contributed by atoms with E-state index in [-0.39, 0.29) is 5.69 Å². The van der Waals surface area contributed by atoms with Gasteiger partial charge in [-0.2, -0.15) is 18.3 Å². The standard InChI is InChI=1S/C18H16F3N5O2/c1-25(2)15-8-7-11(9-22-15)23-17(28)16-14(27)10-26(24-16)13-6-4-3-5-12(13)18(19,20)21/h3-10,27H,1-2H3,(H,23,28). The average molecular weight is 391 g/mol. The van der Waals surface area contributed by atoms with Crippen LogP contribution in [-0.4, -0.2) is 39.9 Å². The van der Waals surface area contributed by atoms with Crippen molar-refractivity contribution < 1.29 is 23.1 Å². The van der Waals surface area contributed by atoms with E-state index in [1.165, 1.54) is 24.4 Å². The fourth-order valence-electron chi connectivity index (χ4n) is 2.48. The number of para-hydroxylation sites is 1. The molecule has 2 heterocycles. The number of nitrogens with one attached hydrogen (secondary N) is 1. The molecule has 0 saturated heterocycles. The highest BCUT2D eigenvalue weighted by molar-refractivity contribution is 6.04. The number of nitrogens with zero attached hydrogens (tertiary/aromatic N) is 4. The molecule has 0 aliphatic rings. The maximum Gasteiger partial charge on any atom is 0.418 e. The lowest BCUT2D eigenvalue weighted by Gasteiger charge is -2.12. The molecule has 0 unspecified atom stereocenters. The van der Waals surface area contributed by atoms with Crippen LogP contribution in [0.3, 0.4) is 0 Å². The second-order valence-electron chi connectivity index (χ2n) is 6.08. The third kappa shape index (κ3) is 3.90. The van der Waals surface area contributed by atoms with Crippen LogP contribution in [0.15, 0.2) is 48.8 Å². The quantitative estimate of drug-likeness (QED) is 0.713. The Morgan fingerprint density at radius 2 is 1.89 bits per heavy atom. The highest BCUT2D eigenvalue weighted by atomic mass is 19.4. The van der Waals surface area contributed by atoms with Crippen LogP contribution >= 0.6 is 0 Å². The van der Waals surface area contributed by atoms with Crippen LogP contribution in [0.2, 0.25) is 0 Å². The van der Waals surface area contributed by atoms with Crippen molar-refractivity contribution in [1.29, 1.82) is 0 Å². The minimum absolute atomic E-state index is 0.304. The van der Waals surface area contributed by atoms with Crippen molar-refractivity contribution in [3.8, 4) is 11.4 Å². The van der Waals surface area contributed by atoms with E-state index in [0.717, 1.165) is 16.9 Å². The topological polar surface area (TPSA) is 83.3 Å². The number of rotatable bonds is 4. The van der Waals surface area contributed by atoms with Gasteiger partial charge < -0.3 is 15.3 Å². The smallest absolute Gasteiger partial charge is 0.418 e. The van der Waals surface area contributed by atoms with Gasteiger partial charge in [-0.05, 0) is 24.3 Å². The van der Waals surface area contributed by atoms with Gasteiger partial charge in [0.05, 0.1) is 29.3 Å². The molecule has 0 radical (unpaired) electrons. The van der Waals surface area contributed by atoms with Crippen LogP contribution in [0, 0.1) is 0 Å². The van der Waals surface area contributed by atoms with Crippen molar-refractivity contribution in [2.45, 2.75) is 6.18 Å². The third-order valence-corrected chi connectivity index (χ3v) is 3.83. The lowest BCUT2D eigenvalue weighted by atomic mass is 10.2. The zero-order valence-corrected chi connectivity index (χ0v) is 14.9. The Morgan fingerprint density at radius 3 is 2.50 bits per heavy atom. The van der Waals surface area contributed by atoms with E-state index in [9.17, 15) is 23.1 Å². The molecule has 146 valence electrons. The average Bonchev–Trinajstić information content (AvgIpc) is 3.03. The maximum atomic E-state index is 13.2. The molecule has 0 spiro atoms. The van der Waals surface area contributed by atoms with E-state index in [1.807, 2.05) is 14.1 Å². The molecule has 10 heteroatoms. The first-order valence-corrected chi connectivity index (χ1v) is 8.07. The number of anilines is 2. The first-order chi connectivity index (χ1) is 13.2. The van der Waals surface area contributed by atoms with E-state index in [2.05, 4.69) is 15.4 Å². The molecule has 7 nitrogen and oxygen atoms in total. The minimum Gasteiger partial charge on any atom is -0.504 e. The largest absolute Gasteiger partial charge is 0.504 e. The highest BCUT2D eigenvalue weighted by Gasteiger charge is 2.34. The van der Waals surface area contributed by atoms with Crippen LogP contribution in [0.5, 0.6) is 5.75 Å². The van der Waals surface area contributed by atoms with E-state index in [1.54, 1.807) is 17.0 Å². The van der Waals surface area contributed by atoms with Crippen LogP contribution < -0.4 is 10.2 Å². The van der Waals surface area contributed by atoms with Crippen molar-refractivity contribution in [2.24, 2.45) is 0 Å². The molecule has 0 aliphatic heterocycles. The number of pyridine rings is 1. The molecule has 0 aliphatic carbocycles. The summed E-state index contributed by atoms with van der Waals surface area (Å²) in [5.74, 6) is -0.652. The summed E-state index contributed by atoms with van der Waals surface area (Å²) >= 11 is 0. The van der Waals surface area contributed by atoms with Crippen LogP contribution in [0.25, 0.3) is 5.69 Å². The van der Waals surface area contributed by atoms with Crippen LogP contribution in [0.1, 0.15) is 16.1 Å². The van der Waals surface area contributed by atoms with E-state index >= 15 is 0 Å². The number of aromatic hydroxyl groups is 1. The molecule has 0 atom stereocenters. The second kappa shape index (κ2) is 7.22. The van der Waals surface area contributed by atoms with Crippen LogP contribution in [0.4, 0.5) is 24.7 Å². The molecule has 3 aromatic rings. The molecule has 0 bridgehead atoms. The first-order valence-electron chi connectivity index (χ1n) is 8.07. The van der Waals surface area contributed by atoms with Crippen molar-refractivity contribution in [3.05, 3.63) is 60.0 Å². The number of hydrogen-bond acceptors (Lipinski definition) is 5. The number of carbonyl (C=O) groups is 1. The molecule has 0 fully saturated rings.